The van der Waals surface area contributed by atoms with Gasteiger partial charge in [0.05, 0.1) is 29.7 Å². The van der Waals surface area contributed by atoms with Crippen molar-refractivity contribution in [3.8, 4) is 5.75 Å². The molecule has 1 fully saturated rings. The molecule has 5 rings (SSSR count). The third-order valence-electron chi connectivity index (χ3n) is 6.34. The van der Waals surface area contributed by atoms with E-state index in [-0.39, 0.29) is 41.5 Å². The zero-order valence-corrected chi connectivity index (χ0v) is 18.8. The number of hydrogen-bond acceptors (Lipinski definition) is 6. The summed E-state index contributed by atoms with van der Waals surface area (Å²) in [6, 6.07) is 7.03. The Hall–Kier alpha value is -3.43. The van der Waals surface area contributed by atoms with Gasteiger partial charge < -0.3 is 10.1 Å². The zero-order valence-electron chi connectivity index (χ0n) is 18.8. The average Bonchev–Trinajstić information content (AvgIpc) is 3.22. The summed E-state index contributed by atoms with van der Waals surface area (Å²) in [4.78, 5) is 26.5. The summed E-state index contributed by atoms with van der Waals surface area (Å²) < 4.78 is 49.5. The van der Waals surface area contributed by atoms with Gasteiger partial charge in [-0.05, 0) is 25.8 Å². The second-order valence-electron chi connectivity index (χ2n) is 8.74. The number of nitrogens with one attached hydrogen (secondary N) is 1. The second kappa shape index (κ2) is 8.41. The number of para-hydroxylation sites is 1. The minimum Gasteiger partial charge on any atom is -0.493 e. The fraction of sp³-hybridized carbons (Fsp3) is 0.417. The van der Waals surface area contributed by atoms with Gasteiger partial charge in [0.1, 0.15) is 28.8 Å². The second-order valence-corrected chi connectivity index (χ2v) is 8.74. The van der Waals surface area contributed by atoms with Crippen molar-refractivity contribution in [3.63, 3.8) is 0 Å². The molecule has 0 spiro atoms. The van der Waals surface area contributed by atoms with E-state index in [1.807, 2.05) is 38.1 Å². The highest BCUT2D eigenvalue weighted by Gasteiger charge is 2.41. The maximum Gasteiger partial charge on any atom is 0.420 e. The number of rotatable bonds is 1. The Labute approximate surface area is 194 Å². The summed E-state index contributed by atoms with van der Waals surface area (Å²) in [6.45, 7) is 4.37. The number of carbonyl (C=O) groups excluding carboxylic acids is 1. The number of alkyl halides is 3. The van der Waals surface area contributed by atoms with Gasteiger partial charge in [-0.3, -0.25) is 9.69 Å². The predicted octanol–water partition coefficient (Wildman–Crippen LogP) is 5.23. The Morgan fingerprint density at radius 3 is 2.71 bits per heavy atom. The molecule has 0 unspecified atom stereocenters. The fourth-order valence-corrected chi connectivity index (χ4v) is 4.53. The summed E-state index contributed by atoms with van der Waals surface area (Å²) in [5, 5.41) is 3.00. The van der Waals surface area contributed by atoms with E-state index in [4.69, 9.17) is 4.74 Å². The lowest BCUT2D eigenvalue weighted by Gasteiger charge is -2.24. The summed E-state index contributed by atoms with van der Waals surface area (Å²) >= 11 is 0. The zero-order chi connectivity index (χ0) is 24.0. The first-order chi connectivity index (χ1) is 16.2. The van der Waals surface area contributed by atoms with E-state index in [0.29, 0.717) is 31.0 Å². The number of benzene rings is 1. The van der Waals surface area contributed by atoms with E-state index >= 15 is 0 Å². The van der Waals surface area contributed by atoms with Crippen LogP contribution >= 0.6 is 0 Å². The highest BCUT2D eigenvalue weighted by Crippen LogP contribution is 2.44. The predicted molar refractivity (Wildman–Crippen MR) is 121 cm³/mol. The number of nitrogens with zero attached hydrogens (tertiary/aromatic N) is 4. The molecule has 0 radical (unpaired) electrons. The first-order valence-electron chi connectivity index (χ1n) is 11.3. The third kappa shape index (κ3) is 3.91. The first-order valence-corrected chi connectivity index (χ1v) is 11.3. The molecular formula is C24H24F3N5O2. The molecule has 3 aromatic rings. The van der Waals surface area contributed by atoms with Crippen LogP contribution in [0.4, 0.5) is 24.8 Å². The first kappa shape index (κ1) is 22.4. The van der Waals surface area contributed by atoms with Crippen LogP contribution in [0.3, 0.4) is 0 Å². The standard InChI is InChI=1S/C24H24F3N5O2/c1-13-9-11-34-17-7-4-3-6-15(17)14(2)29-22-19-16(30-21(13)31-22)12-28-23(20(19)24(25,26)27)32-10-5-8-18(32)33/h3-4,6-7,12-14H,5,8-11H2,1-2H3,(H,29,30,31)/t13-,14-/m1/s1. The van der Waals surface area contributed by atoms with Gasteiger partial charge in [0.2, 0.25) is 5.91 Å². The molecule has 2 bridgehead atoms. The molecule has 1 amide bonds. The number of hydrogen-bond donors (Lipinski definition) is 1. The Kier molecular flexibility index (Phi) is 5.53. The van der Waals surface area contributed by atoms with Gasteiger partial charge in [-0.2, -0.15) is 13.2 Å². The van der Waals surface area contributed by atoms with Crippen molar-refractivity contribution < 1.29 is 22.7 Å². The SMILES string of the molecule is C[C@@H]1CCOc2ccccc2[C@@H](C)Nc2nc1nc1cnc(N3CCCC3=O)c(C(F)(F)F)c21. The largest absolute Gasteiger partial charge is 0.493 e. The van der Waals surface area contributed by atoms with Crippen molar-refractivity contribution in [2.75, 3.05) is 23.4 Å². The van der Waals surface area contributed by atoms with E-state index in [9.17, 15) is 18.0 Å². The molecule has 2 atom stereocenters. The molecule has 2 aromatic heterocycles. The monoisotopic (exact) mass is 471 g/mol. The summed E-state index contributed by atoms with van der Waals surface area (Å²) in [6.07, 6.45) is -2.18. The number of carbonyl (C=O) groups is 1. The van der Waals surface area contributed by atoms with Crippen LogP contribution in [0.1, 0.15) is 62.0 Å². The lowest BCUT2D eigenvalue weighted by molar-refractivity contribution is -0.136. The number of halogens is 3. The molecule has 1 saturated heterocycles. The van der Waals surface area contributed by atoms with Gasteiger partial charge in [0, 0.05) is 24.4 Å². The highest BCUT2D eigenvalue weighted by atomic mass is 19.4. The van der Waals surface area contributed by atoms with E-state index in [0.717, 1.165) is 10.5 Å². The molecule has 2 aliphatic rings. The molecule has 0 aliphatic carbocycles. The summed E-state index contributed by atoms with van der Waals surface area (Å²) in [7, 11) is 0. The fourth-order valence-electron chi connectivity index (χ4n) is 4.53. The van der Waals surface area contributed by atoms with Crippen LogP contribution < -0.4 is 15.0 Å². The molecule has 1 aromatic carbocycles. The number of fused-ring (bicyclic) bond motifs is 5. The molecule has 34 heavy (non-hydrogen) atoms. The number of ether oxygens (including phenoxy) is 1. The van der Waals surface area contributed by atoms with Crippen LogP contribution in [0.25, 0.3) is 10.9 Å². The minimum atomic E-state index is -4.77. The van der Waals surface area contributed by atoms with Crippen LogP contribution in [0.2, 0.25) is 0 Å². The van der Waals surface area contributed by atoms with Crippen LogP contribution in [-0.4, -0.2) is 34.0 Å². The smallest absolute Gasteiger partial charge is 0.420 e. The Morgan fingerprint density at radius 1 is 1.18 bits per heavy atom. The van der Waals surface area contributed by atoms with Crippen molar-refractivity contribution in [3.05, 3.63) is 47.4 Å². The van der Waals surface area contributed by atoms with Crippen molar-refractivity contribution in [1.29, 1.82) is 0 Å². The molecule has 7 nitrogen and oxygen atoms in total. The molecule has 2 aliphatic heterocycles. The van der Waals surface area contributed by atoms with Crippen molar-refractivity contribution >= 4 is 28.4 Å². The Bertz CT molecular complexity index is 1260. The van der Waals surface area contributed by atoms with Crippen LogP contribution in [0.5, 0.6) is 5.75 Å². The van der Waals surface area contributed by atoms with Gasteiger partial charge in [-0.25, -0.2) is 15.0 Å². The molecule has 0 saturated carbocycles. The average molecular weight is 471 g/mol. The van der Waals surface area contributed by atoms with Crippen molar-refractivity contribution in [2.24, 2.45) is 0 Å². The summed E-state index contributed by atoms with van der Waals surface area (Å²) in [5.41, 5.74) is -0.0980. The van der Waals surface area contributed by atoms with E-state index in [1.54, 1.807) is 0 Å². The van der Waals surface area contributed by atoms with Gasteiger partial charge in [0.25, 0.3) is 0 Å². The maximum absolute atomic E-state index is 14.5. The highest BCUT2D eigenvalue weighted by molar-refractivity contribution is 6.01. The topological polar surface area (TPSA) is 80.2 Å². The number of anilines is 2. The van der Waals surface area contributed by atoms with Gasteiger partial charge >= 0.3 is 6.18 Å². The number of amides is 1. The van der Waals surface area contributed by atoms with Crippen LogP contribution in [0.15, 0.2) is 30.5 Å². The van der Waals surface area contributed by atoms with Crippen molar-refractivity contribution in [1.82, 2.24) is 15.0 Å². The van der Waals surface area contributed by atoms with E-state index < -0.39 is 23.6 Å². The minimum absolute atomic E-state index is 0.0682. The normalized spacial score (nSPS) is 21.0. The summed E-state index contributed by atoms with van der Waals surface area (Å²) in [5.74, 6) is 0.233. The van der Waals surface area contributed by atoms with Crippen LogP contribution in [-0.2, 0) is 11.0 Å². The lowest BCUT2D eigenvalue weighted by Crippen LogP contribution is -2.28. The van der Waals surface area contributed by atoms with Gasteiger partial charge in [-0.1, -0.05) is 25.1 Å². The molecular weight excluding hydrogens is 447 g/mol. The lowest BCUT2D eigenvalue weighted by atomic mass is 10.0. The molecule has 4 heterocycles. The quantitative estimate of drug-likeness (QED) is 0.524. The Morgan fingerprint density at radius 2 is 1.97 bits per heavy atom. The Balaban J connectivity index is 1.77. The molecule has 178 valence electrons. The maximum atomic E-state index is 14.5. The molecule has 1 N–H and O–H groups in total. The molecule has 10 heteroatoms. The number of aromatic nitrogens is 3. The van der Waals surface area contributed by atoms with Crippen molar-refractivity contribution in [2.45, 2.75) is 51.2 Å². The van der Waals surface area contributed by atoms with Gasteiger partial charge in [-0.15, -0.1) is 0 Å². The number of pyridine rings is 1. The van der Waals surface area contributed by atoms with Crippen LogP contribution in [0, 0.1) is 0 Å². The van der Waals surface area contributed by atoms with E-state index in [1.165, 1.54) is 6.20 Å². The van der Waals surface area contributed by atoms with E-state index in [2.05, 4.69) is 20.3 Å². The van der Waals surface area contributed by atoms with Gasteiger partial charge in [0.15, 0.2) is 0 Å². The third-order valence-corrected chi connectivity index (χ3v) is 6.34.